The van der Waals surface area contributed by atoms with E-state index in [1.54, 1.807) is 13.3 Å². The monoisotopic (exact) mass is 356 g/mol. The second-order valence-electron chi connectivity index (χ2n) is 6.34. The van der Waals surface area contributed by atoms with Crippen LogP contribution in [0.25, 0.3) is 0 Å². The fourth-order valence-corrected chi connectivity index (χ4v) is 3.04. The lowest BCUT2D eigenvalue weighted by molar-refractivity contribution is 0.0341. The van der Waals surface area contributed by atoms with Gasteiger partial charge in [-0.05, 0) is 23.3 Å². The van der Waals surface area contributed by atoms with Gasteiger partial charge in [0.1, 0.15) is 5.76 Å². The average Bonchev–Trinajstić information content (AvgIpc) is 3.20. The summed E-state index contributed by atoms with van der Waals surface area (Å²) in [4.78, 5) is 6.75. The molecule has 3 rings (SSSR count). The molecule has 2 N–H and O–H groups in total. The largest absolute Gasteiger partial charge is 0.469 e. The van der Waals surface area contributed by atoms with Crippen molar-refractivity contribution >= 4 is 5.96 Å². The van der Waals surface area contributed by atoms with E-state index in [4.69, 9.17) is 9.15 Å². The van der Waals surface area contributed by atoms with Crippen molar-refractivity contribution < 1.29 is 9.15 Å². The molecule has 26 heavy (non-hydrogen) atoms. The highest BCUT2D eigenvalue weighted by atomic mass is 16.5. The number of guanidine groups is 1. The molecule has 1 aromatic heterocycles. The summed E-state index contributed by atoms with van der Waals surface area (Å²) in [7, 11) is 1.79. The second kappa shape index (κ2) is 9.99. The Morgan fingerprint density at radius 3 is 2.62 bits per heavy atom. The molecule has 1 aliphatic rings. The van der Waals surface area contributed by atoms with Crippen LogP contribution in [0.2, 0.25) is 0 Å². The summed E-state index contributed by atoms with van der Waals surface area (Å²) in [5.41, 5.74) is 2.65. The molecule has 1 aromatic carbocycles. The van der Waals surface area contributed by atoms with Crippen LogP contribution in [0, 0.1) is 0 Å². The molecule has 2 heterocycles. The second-order valence-corrected chi connectivity index (χ2v) is 6.34. The highest BCUT2D eigenvalue weighted by Gasteiger charge is 2.12. The van der Waals surface area contributed by atoms with Gasteiger partial charge >= 0.3 is 0 Å². The van der Waals surface area contributed by atoms with E-state index < -0.39 is 0 Å². The summed E-state index contributed by atoms with van der Waals surface area (Å²) >= 11 is 0. The molecule has 2 aromatic rings. The Bertz CT molecular complexity index is 679. The number of rotatable bonds is 7. The molecule has 1 aliphatic heterocycles. The van der Waals surface area contributed by atoms with Gasteiger partial charge in [0.25, 0.3) is 0 Å². The molecule has 140 valence electrons. The first kappa shape index (κ1) is 18.5. The molecular weight excluding hydrogens is 328 g/mol. The topological polar surface area (TPSA) is 62.0 Å². The van der Waals surface area contributed by atoms with Crippen molar-refractivity contribution in [2.24, 2.45) is 4.99 Å². The Morgan fingerprint density at radius 2 is 1.88 bits per heavy atom. The van der Waals surface area contributed by atoms with Gasteiger partial charge < -0.3 is 19.8 Å². The van der Waals surface area contributed by atoms with Crippen molar-refractivity contribution in [2.45, 2.75) is 19.5 Å². The van der Waals surface area contributed by atoms with Crippen LogP contribution in [0.1, 0.15) is 16.9 Å². The van der Waals surface area contributed by atoms with Crippen LogP contribution in [0.15, 0.2) is 52.1 Å². The van der Waals surface area contributed by atoms with E-state index in [0.29, 0.717) is 0 Å². The van der Waals surface area contributed by atoms with Gasteiger partial charge in [0, 0.05) is 46.2 Å². The van der Waals surface area contributed by atoms with Gasteiger partial charge in [-0.25, -0.2) is 0 Å². The summed E-state index contributed by atoms with van der Waals surface area (Å²) in [6.45, 7) is 6.14. The van der Waals surface area contributed by atoms with E-state index in [1.807, 2.05) is 12.1 Å². The maximum Gasteiger partial charge on any atom is 0.191 e. The third kappa shape index (κ3) is 5.61. The minimum absolute atomic E-state index is 0.751. The molecule has 0 atom stereocenters. The first-order chi connectivity index (χ1) is 12.8. The van der Waals surface area contributed by atoms with E-state index in [2.05, 4.69) is 44.8 Å². The maximum absolute atomic E-state index is 5.44. The fourth-order valence-electron chi connectivity index (χ4n) is 3.04. The van der Waals surface area contributed by atoms with E-state index in [0.717, 1.165) is 64.1 Å². The van der Waals surface area contributed by atoms with Crippen molar-refractivity contribution in [1.82, 2.24) is 15.5 Å². The highest BCUT2D eigenvalue weighted by molar-refractivity contribution is 5.79. The number of nitrogens with zero attached hydrogens (tertiary/aromatic N) is 2. The first-order valence-corrected chi connectivity index (χ1v) is 9.19. The Hall–Kier alpha value is -2.31. The number of nitrogens with one attached hydrogen (secondary N) is 2. The lowest BCUT2D eigenvalue weighted by atomic mass is 10.1. The van der Waals surface area contributed by atoms with Gasteiger partial charge in [0.15, 0.2) is 5.96 Å². The van der Waals surface area contributed by atoms with Crippen LogP contribution in [0.5, 0.6) is 0 Å². The molecule has 1 fully saturated rings. The lowest BCUT2D eigenvalue weighted by Gasteiger charge is -2.27. The molecule has 0 unspecified atom stereocenters. The van der Waals surface area contributed by atoms with Crippen LogP contribution in [0.4, 0.5) is 0 Å². The van der Waals surface area contributed by atoms with Crippen molar-refractivity contribution in [2.75, 3.05) is 39.9 Å². The summed E-state index contributed by atoms with van der Waals surface area (Å²) in [5.74, 6) is 1.78. The first-order valence-electron chi connectivity index (χ1n) is 9.19. The van der Waals surface area contributed by atoms with Crippen molar-refractivity contribution in [3.63, 3.8) is 0 Å². The zero-order valence-corrected chi connectivity index (χ0v) is 15.4. The third-order valence-corrected chi connectivity index (χ3v) is 4.53. The molecule has 0 aliphatic carbocycles. The van der Waals surface area contributed by atoms with Crippen molar-refractivity contribution in [3.05, 3.63) is 59.5 Å². The molecule has 0 bridgehead atoms. The molecule has 6 heteroatoms. The molecular formula is C20H28N4O2. The molecule has 0 saturated carbocycles. The molecule has 0 amide bonds. The van der Waals surface area contributed by atoms with E-state index in [1.165, 1.54) is 11.1 Å². The molecule has 0 radical (unpaired) electrons. The Morgan fingerprint density at radius 1 is 1.08 bits per heavy atom. The van der Waals surface area contributed by atoms with Crippen LogP contribution in [-0.4, -0.2) is 50.8 Å². The fraction of sp³-hybridized carbons (Fsp3) is 0.450. The smallest absolute Gasteiger partial charge is 0.191 e. The van der Waals surface area contributed by atoms with Crippen molar-refractivity contribution in [1.29, 1.82) is 0 Å². The Labute approximate surface area is 155 Å². The number of hydrogen-bond acceptors (Lipinski definition) is 4. The predicted octanol–water partition coefficient (Wildman–Crippen LogP) is 2.02. The summed E-state index contributed by atoms with van der Waals surface area (Å²) < 4.78 is 10.8. The average molecular weight is 356 g/mol. The van der Waals surface area contributed by atoms with Crippen LogP contribution in [-0.2, 0) is 24.2 Å². The van der Waals surface area contributed by atoms with Gasteiger partial charge in [-0.3, -0.25) is 9.89 Å². The number of benzene rings is 1. The summed E-state index contributed by atoms with van der Waals surface area (Å²) in [6, 6.07) is 12.5. The summed E-state index contributed by atoms with van der Waals surface area (Å²) in [6.07, 6.45) is 2.54. The Kier molecular flexibility index (Phi) is 7.10. The van der Waals surface area contributed by atoms with Gasteiger partial charge in [-0.1, -0.05) is 24.3 Å². The maximum atomic E-state index is 5.44. The lowest BCUT2D eigenvalue weighted by Crippen LogP contribution is -2.38. The summed E-state index contributed by atoms with van der Waals surface area (Å²) in [5, 5.41) is 6.74. The Balaban J connectivity index is 1.49. The van der Waals surface area contributed by atoms with Crippen molar-refractivity contribution in [3.8, 4) is 0 Å². The standard InChI is InChI=1S/C20H28N4O2/c1-21-20(22-9-8-19-7-4-12-26-19)23-15-17-5-2-3-6-18(17)16-24-10-13-25-14-11-24/h2-7,12H,8-11,13-16H2,1H3,(H2,21,22,23). The zero-order valence-electron chi connectivity index (χ0n) is 15.4. The van der Waals surface area contributed by atoms with Gasteiger partial charge in [0.05, 0.1) is 19.5 Å². The number of morpholine rings is 1. The molecule has 1 saturated heterocycles. The van der Waals surface area contributed by atoms with E-state index >= 15 is 0 Å². The quantitative estimate of drug-likeness (QED) is 0.587. The van der Waals surface area contributed by atoms with Crippen LogP contribution >= 0.6 is 0 Å². The zero-order chi connectivity index (χ0) is 18.0. The van der Waals surface area contributed by atoms with Gasteiger partial charge in [-0.15, -0.1) is 0 Å². The number of aliphatic imine (C=N–C) groups is 1. The molecule has 0 spiro atoms. The minimum atomic E-state index is 0.751. The SMILES string of the molecule is CN=C(NCCc1ccco1)NCc1ccccc1CN1CCOCC1. The number of furan rings is 1. The predicted molar refractivity (Wildman–Crippen MR) is 103 cm³/mol. The van der Waals surface area contributed by atoms with Crippen LogP contribution < -0.4 is 10.6 Å². The molecule has 6 nitrogen and oxygen atoms in total. The van der Waals surface area contributed by atoms with Crippen LogP contribution in [0.3, 0.4) is 0 Å². The van der Waals surface area contributed by atoms with Gasteiger partial charge in [0.2, 0.25) is 0 Å². The van der Waals surface area contributed by atoms with E-state index in [-0.39, 0.29) is 0 Å². The highest BCUT2D eigenvalue weighted by Crippen LogP contribution is 2.13. The number of hydrogen-bond donors (Lipinski definition) is 2. The normalized spacial score (nSPS) is 15.8. The number of ether oxygens (including phenoxy) is 1. The van der Waals surface area contributed by atoms with E-state index in [9.17, 15) is 0 Å². The minimum Gasteiger partial charge on any atom is -0.469 e. The van der Waals surface area contributed by atoms with Gasteiger partial charge in [-0.2, -0.15) is 0 Å². The third-order valence-electron chi connectivity index (χ3n) is 4.53.